The number of rotatable bonds is 3. The molecule has 2 aromatic rings. The van der Waals surface area contributed by atoms with E-state index in [0.29, 0.717) is 17.0 Å². The standard InChI is InChI=1S/C15H15NO4/c1-9-3-4-10(7-14(9)18)16-15(19)12-8-11(20-2)5-6-13(12)17/h3-8,17-18H,1-2H3,(H,16,19). The molecule has 0 fully saturated rings. The molecule has 104 valence electrons. The van der Waals surface area contributed by atoms with Crippen molar-refractivity contribution in [2.75, 3.05) is 12.4 Å². The Morgan fingerprint density at radius 1 is 1.10 bits per heavy atom. The van der Waals surface area contributed by atoms with Crippen molar-refractivity contribution < 1.29 is 19.7 Å². The van der Waals surface area contributed by atoms with Crippen LogP contribution in [0.15, 0.2) is 36.4 Å². The van der Waals surface area contributed by atoms with Gasteiger partial charge in [-0.25, -0.2) is 0 Å². The van der Waals surface area contributed by atoms with Crippen LogP contribution in [0.3, 0.4) is 0 Å². The van der Waals surface area contributed by atoms with E-state index in [-0.39, 0.29) is 17.1 Å². The summed E-state index contributed by atoms with van der Waals surface area (Å²) in [5, 5.41) is 21.9. The van der Waals surface area contributed by atoms with Crippen molar-refractivity contribution in [3.63, 3.8) is 0 Å². The molecule has 0 atom stereocenters. The second-order valence-electron chi connectivity index (χ2n) is 4.34. The number of amides is 1. The predicted molar refractivity (Wildman–Crippen MR) is 75.5 cm³/mol. The lowest BCUT2D eigenvalue weighted by atomic mass is 10.1. The number of hydrogen-bond acceptors (Lipinski definition) is 4. The molecule has 5 heteroatoms. The maximum Gasteiger partial charge on any atom is 0.259 e. The number of aromatic hydroxyl groups is 2. The number of anilines is 1. The molecule has 0 aliphatic rings. The smallest absolute Gasteiger partial charge is 0.259 e. The predicted octanol–water partition coefficient (Wildman–Crippen LogP) is 2.67. The average molecular weight is 273 g/mol. The molecule has 3 N–H and O–H groups in total. The maximum atomic E-state index is 12.1. The molecular weight excluding hydrogens is 258 g/mol. The number of carbonyl (C=O) groups is 1. The number of phenols is 2. The first-order valence-corrected chi connectivity index (χ1v) is 5.99. The first kappa shape index (κ1) is 13.7. The van der Waals surface area contributed by atoms with Crippen molar-refractivity contribution in [2.24, 2.45) is 0 Å². The van der Waals surface area contributed by atoms with Gasteiger partial charge in [-0.05, 0) is 36.8 Å². The fourth-order valence-corrected chi connectivity index (χ4v) is 1.71. The van der Waals surface area contributed by atoms with E-state index in [1.54, 1.807) is 25.1 Å². The van der Waals surface area contributed by atoms with Gasteiger partial charge < -0.3 is 20.3 Å². The van der Waals surface area contributed by atoms with E-state index in [9.17, 15) is 15.0 Å². The van der Waals surface area contributed by atoms with E-state index >= 15 is 0 Å². The molecule has 5 nitrogen and oxygen atoms in total. The van der Waals surface area contributed by atoms with E-state index in [1.165, 1.54) is 25.3 Å². The first-order valence-electron chi connectivity index (χ1n) is 5.99. The molecule has 0 aliphatic carbocycles. The van der Waals surface area contributed by atoms with Gasteiger partial charge in [-0.2, -0.15) is 0 Å². The Hall–Kier alpha value is -2.69. The molecule has 0 heterocycles. The number of nitrogens with one attached hydrogen (secondary N) is 1. The van der Waals surface area contributed by atoms with Crippen LogP contribution in [0.25, 0.3) is 0 Å². The highest BCUT2D eigenvalue weighted by Crippen LogP contribution is 2.25. The minimum Gasteiger partial charge on any atom is -0.508 e. The number of methoxy groups -OCH3 is 1. The van der Waals surface area contributed by atoms with E-state index < -0.39 is 5.91 Å². The van der Waals surface area contributed by atoms with Crippen LogP contribution in [0.2, 0.25) is 0 Å². The monoisotopic (exact) mass is 273 g/mol. The fraction of sp³-hybridized carbons (Fsp3) is 0.133. The summed E-state index contributed by atoms with van der Waals surface area (Å²) in [4.78, 5) is 12.1. The number of ether oxygens (including phenoxy) is 1. The van der Waals surface area contributed by atoms with Crippen LogP contribution in [-0.4, -0.2) is 23.2 Å². The summed E-state index contributed by atoms with van der Waals surface area (Å²) in [5.41, 5.74) is 1.26. The Labute approximate surface area is 116 Å². The lowest BCUT2D eigenvalue weighted by Gasteiger charge is -2.09. The first-order chi connectivity index (χ1) is 9.51. The summed E-state index contributed by atoms with van der Waals surface area (Å²) >= 11 is 0. The van der Waals surface area contributed by atoms with Crippen LogP contribution in [0.1, 0.15) is 15.9 Å². The van der Waals surface area contributed by atoms with Crippen LogP contribution in [0.4, 0.5) is 5.69 Å². The van der Waals surface area contributed by atoms with Gasteiger partial charge in [0.1, 0.15) is 17.2 Å². The van der Waals surface area contributed by atoms with Gasteiger partial charge in [-0.1, -0.05) is 6.07 Å². The van der Waals surface area contributed by atoms with E-state index in [1.807, 2.05) is 0 Å². The SMILES string of the molecule is COc1ccc(O)c(C(=O)Nc2ccc(C)c(O)c2)c1. The van der Waals surface area contributed by atoms with Gasteiger partial charge in [-0.15, -0.1) is 0 Å². The van der Waals surface area contributed by atoms with Crippen LogP contribution < -0.4 is 10.1 Å². The lowest BCUT2D eigenvalue weighted by molar-refractivity contribution is 0.102. The number of aryl methyl sites for hydroxylation is 1. The molecule has 1 amide bonds. The molecule has 0 bridgehead atoms. The zero-order valence-electron chi connectivity index (χ0n) is 11.2. The maximum absolute atomic E-state index is 12.1. The molecule has 2 aromatic carbocycles. The molecule has 0 unspecified atom stereocenters. The van der Waals surface area contributed by atoms with E-state index in [2.05, 4.69) is 5.32 Å². The summed E-state index contributed by atoms with van der Waals surface area (Å²) in [6.07, 6.45) is 0. The lowest BCUT2D eigenvalue weighted by Crippen LogP contribution is -2.12. The van der Waals surface area contributed by atoms with Crippen molar-refractivity contribution in [3.05, 3.63) is 47.5 Å². The van der Waals surface area contributed by atoms with Gasteiger partial charge in [0.15, 0.2) is 0 Å². The Bertz CT molecular complexity index is 652. The summed E-state index contributed by atoms with van der Waals surface area (Å²) in [7, 11) is 1.48. The Morgan fingerprint density at radius 2 is 1.85 bits per heavy atom. The molecule has 0 radical (unpaired) electrons. The third-order valence-corrected chi connectivity index (χ3v) is 2.92. The third kappa shape index (κ3) is 2.83. The normalized spacial score (nSPS) is 10.1. The van der Waals surface area contributed by atoms with Gasteiger partial charge in [0.2, 0.25) is 0 Å². The zero-order valence-corrected chi connectivity index (χ0v) is 11.2. The molecule has 0 saturated carbocycles. The van der Waals surface area contributed by atoms with E-state index in [4.69, 9.17) is 4.74 Å². The minimum absolute atomic E-state index is 0.0951. The molecule has 0 aliphatic heterocycles. The summed E-state index contributed by atoms with van der Waals surface area (Å²) in [6, 6.07) is 9.20. The number of benzene rings is 2. The average Bonchev–Trinajstić information content (AvgIpc) is 2.43. The van der Waals surface area contributed by atoms with Crippen LogP contribution in [-0.2, 0) is 0 Å². The Kier molecular flexibility index (Phi) is 3.79. The Morgan fingerprint density at radius 3 is 2.50 bits per heavy atom. The summed E-state index contributed by atoms with van der Waals surface area (Å²) in [5.74, 6) is -0.0540. The van der Waals surface area contributed by atoms with Crippen molar-refractivity contribution in [1.29, 1.82) is 0 Å². The van der Waals surface area contributed by atoms with Crippen LogP contribution in [0.5, 0.6) is 17.2 Å². The second-order valence-corrected chi connectivity index (χ2v) is 4.34. The molecule has 0 spiro atoms. The fourth-order valence-electron chi connectivity index (χ4n) is 1.71. The quantitative estimate of drug-likeness (QED) is 0.803. The molecular formula is C15H15NO4. The molecule has 20 heavy (non-hydrogen) atoms. The minimum atomic E-state index is -0.482. The van der Waals surface area contributed by atoms with Crippen LogP contribution in [0, 0.1) is 6.92 Å². The van der Waals surface area contributed by atoms with Crippen molar-refractivity contribution in [1.82, 2.24) is 0 Å². The van der Waals surface area contributed by atoms with Gasteiger partial charge in [0.25, 0.3) is 5.91 Å². The third-order valence-electron chi connectivity index (χ3n) is 2.92. The summed E-state index contributed by atoms with van der Waals surface area (Å²) < 4.78 is 5.01. The Balaban J connectivity index is 2.25. The molecule has 0 saturated heterocycles. The number of carbonyl (C=O) groups excluding carboxylic acids is 1. The molecule has 0 aromatic heterocycles. The van der Waals surface area contributed by atoms with Crippen LogP contribution >= 0.6 is 0 Å². The number of phenolic OH excluding ortho intramolecular Hbond substituents is 2. The van der Waals surface area contributed by atoms with Gasteiger partial charge in [0, 0.05) is 11.8 Å². The van der Waals surface area contributed by atoms with E-state index in [0.717, 1.165) is 0 Å². The van der Waals surface area contributed by atoms with Gasteiger partial charge in [-0.3, -0.25) is 4.79 Å². The molecule has 2 rings (SSSR count). The van der Waals surface area contributed by atoms with Crippen molar-refractivity contribution in [3.8, 4) is 17.2 Å². The van der Waals surface area contributed by atoms with Crippen molar-refractivity contribution >= 4 is 11.6 Å². The highest BCUT2D eigenvalue weighted by molar-refractivity contribution is 6.06. The van der Waals surface area contributed by atoms with Gasteiger partial charge in [0.05, 0.1) is 12.7 Å². The summed E-state index contributed by atoms with van der Waals surface area (Å²) in [6.45, 7) is 1.76. The van der Waals surface area contributed by atoms with Gasteiger partial charge >= 0.3 is 0 Å². The highest BCUT2D eigenvalue weighted by Gasteiger charge is 2.13. The largest absolute Gasteiger partial charge is 0.508 e. The topological polar surface area (TPSA) is 78.8 Å². The zero-order chi connectivity index (χ0) is 14.7. The highest BCUT2D eigenvalue weighted by atomic mass is 16.5. The second kappa shape index (κ2) is 5.52. The van der Waals surface area contributed by atoms with Crippen molar-refractivity contribution in [2.45, 2.75) is 6.92 Å². The number of hydrogen-bond donors (Lipinski definition) is 3.